The zero-order valence-electron chi connectivity index (χ0n) is 13.8. The molecular formula is C15H21N5O3S. The summed E-state index contributed by atoms with van der Waals surface area (Å²) in [4.78, 5) is 13.1. The highest BCUT2D eigenvalue weighted by Crippen LogP contribution is 2.25. The molecule has 0 fully saturated rings. The van der Waals surface area contributed by atoms with Crippen molar-refractivity contribution in [1.82, 2.24) is 19.5 Å². The zero-order chi connectivity index (χ0) is 17.9. The van der Waals surface area contributed by atoms with Crippen LogP contribution in [0.25, 0.3) is 22.1 Å². The fourth-order valence-electron chi connectivity index (χ4n) is 2.20. The smallest absolute Gasteiger partial charge is 0.264 e. The van der Waals surface area contributed by atoms with E-state index in [0.29, 0.717) is 11.7 Å². The summed E-state index contributed by atoms with van der Waals surface area (Å²) >= 11 is 0. The van der Waals surface area contributed by atoms with Gasteiger partial charge in [-0.25, -0.2) is 9.97 Å². The number of nitrogens with zero attached hydrogens (tertiary/aromatic N) is 4. The first-order valence-electron chi connectivity index (χ1n) is 7.53. The molecular weight excluding hydrogens is 330 g/mol. The lowest BCUT2D eigenvalue weighted by Gasteiger charge is -2.08. The SMILES string of the molecule is CC(C)Cn1cnc2c(N)nc3cccnc3c21.CCS(=O)(=O)O. The second kappa shape index (κ2) is 7.10. The van der Waals surface area contributed by atoms with Crippen molar-refractivity contribution in [3.05, 3.63) is 24.7 Å². The predicted octanol–water partition coefficient (Wildman–Crippen LogP) is 2.11. The third-order valence-corrected chi connectivity index (χ3v) is 3.99. The van der Waals surface area contributed by atoms with E-state index in [-0.39, 0.29) is 5.75 Å². The van der Waals surface area contributed by atoms with E-state index in [0.717, 1.165) is 28.6 Å². The van der Waals surface area contributed by atoms with Gasteiger partial charge < -0.3 is 10.3 Å². The molecule has 3 heterocycles. The molecule has 0 spiro atoms. The lowest BCUT2D eigenvalue weighted by Crippen LogP contribution is -2.04. The molecule has 3 aromatic rings. The van der Waals surface area contributed by atoms with Crippen LogP contribution in [0.1, 0.15) is 20.8 Å². The Balaban J connectivity index is 0.000000301. The zero-order valence-corrected chi connectivity index (χ0v) is 14.7. The Hall–Kier alpha value is -2.26. The third kappa shape index (κ3) is 4.18. The van der Waals surface area contributed by atoms with Crippen LogP contribution in [0.2, 0.25) is 0 Å². The van der Waals surface area contributed by atoms with E-state index in [9.17, 15) is 8.42 Å². The van der Waals surface area contributed by atoms with Gasteiger partial charge in [-0.15, -0.1) is 0 Å². The first-order chi connectivity index (χ1) is 11.2. The number of pyridine rings is 2. The number of anilines is 1. The lowest BCUT2D eigenvalue weighted by molar-refractivity contribution is 0.484. The maximum atomic E-state index is 9.56. The fourth-order valence-corrected chi connectivity index (χ4v) is 2.20. The largest absolute Gasteiger partial charge is 0.382 e. The van der Waals surface area contributed by atoms with Crippen molar-refractivity contribution in [2.75, 3.05) is 11.5 Å². The van der Waals surface area contributed by atoms with Crippen LogP contribution in [-0.2, 0) is 16.7 Å². The first-order valence-corrected chi connectivity index (χ1v) is 9.14. The molecule has 0 aromatic carbocycles. The van der Waals surface area contributed by atoms with E-state index in [1.807, 2.05) is 18.5 Å². The molecule has 9 heteroatoms. The van der Waals surface area contributed by atoms with Gasteiger partial charge in [-0.3, -0.25) is 9.54 Å². The van der Waals surface area contributed by atoms with Gasteiger partial charge in [0.2, 0.25) is 0 Å². The van der Waals surface area contributed by atoms with Gasteiger partial charge in [0.25, 0.3) is 10.1 Å². The van der Waals surface area contributed by atoms with Gasteiger partial charge in [-0.05, 0) is 25.0 Å². The molecule has 0 amide bonds. The van der Waals surface area contributed by atoms with Crippen LogP contribution in [0, 0.1) is 5.92 Å². The molecule has 0 saturated heterocycles. The molecule has 3 N–H and O–H groups in total. The molecule has 3 aromatic heterocycles. The molecule has 0 aliphatic rings. The molecule has 0 aliphatic carbocycles. The Bertz CT molecular complexity index is 950. The van der Waals surface area contributed by atoms with Crippen LogP contribution >= 0.6 is 0 Å². The number of aromatic nitrogens is 4. The molecule has 3 rings (SSSR count). The number of rotatable bonds is 3. The average molecular weight is 351 g/mol. The van der Waals surface area contributed by atoms with Crippen molar-refractivity contribution in [2.45, 2.75) is 27.3 Å². The van der Waals surface area contributed by atoms with Crippen LogP contribution in [-0.4, -0.2) is 38.2 Å². The van der Waals surface area contributed by atoms with Gasteiger partial charge in [0.05, 0.1) is 17.6 Å². The van der Waals surface area contributed by atoms with Crippen molar-refractivity contribution in [3.8, 4) is 0 Å². The van der Waals surface area contributed by atoms with E-state index < -0.39 is 10.1 Å². The summed E-state index contributed by atoms with van der Waals surface area (Å²) in [6, 6.07) is 3.79. The number of hydrogen-bond donors (Lipinski definition) is 2. The summed E-state index contributed by atoms with van der Waals surface area (Å²) in [6.45, 7) is 6.61. The Morgan fingerprint density at radius 2 is 1.96 bits per heavy atom. The minimum Gasteiger partial charge on any atom is -0.382 e. The summed E-state index contributed by atoms with van der Waals surface area (Å²) in [5, 5.41) is 0. The van der Waals surface area contributed by atoms with Gasteiger partial charge >= 0.3 is 0 Å². The summed E-state index contributed by atoms with van der Waals surface area (Å²) in [7, 11) is -3.66. The van der Waals surface area contributed by atoms with Gasteiger partial charge in [0.15, 0.2) is 5.82 Å². The standard InChI is InChI=1S/C13H15N5.C2H6O3S/c1-8(2)6-18-7-16-11-12(18)10-9(17-13(11)14)4-3-5-15-10;1-2-6(3,4)5/h3-5,7-8H,6H2,1-2H3,(H2,14,17);2H2,1H3,(H,3,4,5). The Morgan fingerprint density at radius 3 is 2.54 bits per heavy atom. The number of hydrogen-bond acceptors (Lipinski definition) is 6. The number of nitrogens with two attached hydrogens (primary N) is 1. The lowest BCUT2D eigenvalue weighted by atomic mass is 10.2. The van der Waals surface area contributed by atoms with Crippen molar-refractivity contribution in [2.24, 2.45) is 5.92 Å². The van der Waals surface area contributed by atoms with E-state index in [2.05, 4.69) is 33.4 Å². The predicted molar refractivity (Wildman–Crippen MR) is 94.2 cm³/mol. The maximum Gasteiger partial charge on any atom is 0.264 e. The molecule has 0 atom stereocenters. The maximum absolute atomic E-state index is 9.56. The average Bonchev–Trinajstić information content (AvgIpc) is 2.91. The molecule has 0 saturated carbocycles. The van der Waals surface area contributed by atoms with Crippen LogP contribution < -0.4 is 5.73 Å². The summed E-state index contributed by atoms with van der Waals surface area (Å²) in [5.74, 6) is 0.802. The van der Waals surface area contributed by atoms with Crippen LogP contribution in [0.3, 0.4) is 0 Å². The molecule has 0 unspecified atom stereocenters. The highest BCUT2D eigenvalue weighted by molar-refractivity contribution is 7.85. The topological polar surface area (TPSA) is 124 Å². The third-order valence-electron chi connectivity index (χ3n) is 3.26. The van der Waals surface area contributed by atoms with E-state index >= 15 is 0 Å². The van der Waals surface area contributed by atoms with Crippen molar-refractivity contribution in [1.29, 1.82) is 0 Å². The Kier molecular flexibility index (Phi) is 5.35. The van der Waals surface area contributed by atoms with E-state index in [4.69, 9.17) is 10.3 Å². The fraction of sp³-hybridized carbons (Fsp3) is 0.400. The van der Waals surface area contributed by atoms with Crippen molar-refractivity contribution in [3.63, 3.8) is 0 Å². The quantitative estimate of drug-likeness (QED) is 0.692. The Morgan fingerprint density at radius 1 is 1.29 bits per heavy atom. The number of imidazole rings is 1. The van der Waals surface area contributed by atoms with E-state index in [1.165, 1.54) is 6.92 Å². The molecule has 0 aliphatic heterocycles. The normalized spacial score (nSPS) is 11.7. The summed E-state index contributed by atoms with van der Waals surface area (Å²) < 4.78 is 29.0. The van der Waals surface area contributed by atoms with Crippen LogP contribution in [0.15, 0.2) is 24.7 Å². The summed E-state index contributed by atoms with van der Waals surface area (Å²) in [6.07, 6.45) is 3.59. The van der Waals surface area contributed by atoms with E-state index in [1.54, 1.807) is 6.20 Å². The Labute approximate surface area is 140 Å². The molecule has 130 valence electrons. The first kappa shape index (κ1) is 18.1. The second-order valence-corrected chi connectivity index (χ2v) is 7.47. The van der Waals surface area contributed by atoms with Gasteiger partial charge in [-0.2, -0.15) is 8.42 Å². The molecule has 0 bridgehead atoms. The van der Waals surface area contributed by atoms with Crippen molar-refractivity contribution < 1.29 is 13.0 Å². The van der Waals surface area contributed by atoms with Gasteiger partial charge in [-0.1, -0.05) is 13.8 Å². The minimum absolute atomic E-state index is 0.201. The second-order valence-electron chi connectivity index (χ2n) is 5.73. The highest BCUT2D eigenvalue weighted by Gasteiger charge is 2.13. The highest BCUT2D eigenvalue weighted by atomic mass is 32.2. The molecule has 0 radical (unpaired) electrons. The summed E-state index contributed by atoms with van der Waals surface area (Å²) in [5.41, 5.74) is 9.34. The van der Waals surface area contributed by atoms with Crippen LogP contribution in [0.4, 0.5) is 5.82 Å². The van der Waals surface area contributed by atoms with Gasteiger partial charge in [0, 0.05) is 12.7 Å². The minimum atomic E-state index is -3.66. The molecule has 8 nitrogen and oxygen atoms in total. The molecule has 24 heavy (non-hydrogen) atoms. The van der Waals surface area contributed by atoms with Gasteiger partial charge in [0.1, 0.15) is 16.6 Å². The van der Waals surface area contributed by atoms with Crippen molar-refractivity contribution >= 4 is 38.0 Å². The monoisotopic (exact) mass is 351 g/mol. The number of fused-ring (bicyclic) bond motifs is 3. The number of nitrogen functional groups attached to an aromatic ring is 1. The van der Waals surface area contributed by atoms with Crippen LogP contribution in [0.5, 0.6) is 0 Å².